The molecule has 1 aliphatic heterocycles. The van der Waals surface area contributed by atoms with Gasteiger partial charge in [-0.1, -0.05) is 18.2 Å². The first-order valence-corrected chi connectivity index (χ1v) is 6.08. The second-order valence-electron chi connectivity index (χ2n) is 4.34. The van der Waals surface area contributed by atoms with Crippen molar-refractivity contribution in [2.45, 2.75) is 31.7 Å². The van der Waals surface area contributed by atoms with Crippen LogP contribution in [0.15, 0.2) is 18.2 Å². The van der Waals surface area contributed by atoms with Gasteiger partial charge in [0.2, 0.25) is 5.91 Å². The number of halogens is 1. The van der Waals surface area contributed by atoms with Gasteiger partial charge in [0.1, 0.15) is 5.92 Å². The van der Waals surface area contributed by atoms with Crippen LogP contribution >= 0.6 is 11.6 Å². The molecule has 1 aliphatic rings. The summed E-state index contributed by atoms with van der Waals surface area (Å²) in [6.45, 7) is 3.64. The molecule has 1 heterocycles. The van der Waals surface area contributed by atoms with Crippen LogP contribution in [0.4, 0.5) is 0 Å². The summed E-state index contributed by atoms with van der Waals surface area (Å²) in [7, 11) is 0. The molecule has 1 N–H and O–H groups in total. The number of carbonyl (C=O) groups excluding carboxylic acids is 2. The largest absolute Gasteiger partial charge is 0.346 e. The molecule has 0 spiro atoms. The molecule has 0 aromatic heterocycles. The van der Waals surface area contributed by atoms with Crippen molar-refractivity contribution in [2.75, 3.05) is 0 Å². The maximum Gasteiger partial charge on any atom is 0.235 e. The van der Waals surface area contributed by atoms with Crippen LogP contribution in [-0.4, -0.2) is 17.7 Å². The van der Waals surface area contributed by atoms with Crippen LogP contribution in [0.25, 0.3) is 0 Å². The Bertz CT molecular complexity index is 484. The number of nitrogens with one attached hydrogen (secondary N) is 1. The Morgan fingerprint density at radius 2 is 2.06 bits per heavy atom. The number of hydrogen-bond acceptors (Lipinski definition) is 2. The fraction of sp³-hybridized carbons (Fsp3) is 0.385. The first-order valence-electron chi connectivity index (χ1n) is 5.54. The van der Waals surface area contributed by atoms with Gasteiger partial charge in [-0.15, -0.1) is 11.6 Å². The Labute approximate surface area is 105 Å². The molecule has 2 atom stereocenters. The van der Waals surface area contributed by atoms with Gasteiger partial charge in [-0.05, 0) is 30.5 Å². The minimum Gasteiger partial charge on any atom is -0.346 e. The lowest BCUT2D eigenvalue weighted by Crippen LogP contribution is -2.25. The lowest BCUT2D eigenvalue weighted by molar-refractivity contribution is -0.124. The summed E-state index contributed by atoms with van der Waals surface area (Å²) in [4.78, 5) is 23.8. The smallest absolute Gasteiger partial charge is 0.235 e. The number of carbonyl (C=O) groups is 2. The van der Waals surface area contributed by atoms with E-state index in [1.165, 1.54) is 0 Å². The summed E-state index contributed by atoms with van der Waals surface area (Å²) in [5.74, 6) is -0.682. The zero-order chi connectivity index (χ0) is 12.6. The molecule has 1 aromatic rings. The average Bonchev–Trinajstić information content (AvgIpc) is 2.53. The predicted molar refractivity (Wildman–Crippen MR) is 66.1 cm³/mol. The van der Waals surface area contributed by atoms with Crippen molar-refractivity contribution >= 4 is 23.3 Å². The molecular weight excluding hydrogens is 238 g/mol. The second-order valence-corrected chi connectivity index (χ2v) is 4.61. The highest BCUT2D eigenvalue weighted by Crippen LogP contribution is 2.29. The Morgan fingerprint density at radius 1 is 1.35 bits per heavy atom. The van der Waals surface area contributed by atoms with Gasteiger partial charge in [-0.2, -0.15) is 0 Å². The Morgan fingerprint density at radius 3 is 2.59 bits per heavy atom. The maximum absolute atomic E-state index is 12.0. The summed E-state index contributed by atoms with van der Waals surface area (Å²) >= 11 is 5.90. The van der Waals surface area contributed by atoms with Gasteiger partial charge < -0.3 is 5.32 Å². The quantitative estimate of drug-likeness (QED) is 0.645. The van der Waals surface area contributed by atoms with Gasteiger partial charge in [0.15, 0.2) is 5.78 Å². The topological polar surface area (TPSA) is 46.2 Å². The third kappa shape index (κ3) is 1.95. The lowest BCUT2D eigenvalue weighted by Gasteiger charge is -2.13. The molecule has 4 heteroatoms. The van der Waals surface area contributed by atoms with E-state index in [1.54, 1.807) is 6.92 Å². The predicted octanol–water partition coefficient (Wildman–Crippen LogP) is 1.90. The average molecular weight is 252 g/mol. The van der Waals surface area contributed by atoms with Gasteiger partial charge in [0.25, 0.3) is 0 Å². The van der Waals surface area contributed by atoms with Crippen LogP contribution in [0.2, 0.25) is 0 Å². The van der Waals surface area contributed by atoms with Crippen LogP contribution in [-0.2, 0) is 15.5 Å². The molecule has 1 amide bonds. The summed E-state index contributed by atoms with van der Waals surface area (Å²) in [6, 6.07) is 5.19. The molecule has 2 rings (SSSR count). The van der Waals surface area contributed by atoms with Gasteiger partial charge in [0.05, 0.1) is 6.04 Å². The van der Waals surface area contributed by atoms with E-state index in [0.717, 1.165) is 16.7 Å². The first-order chi connectivity index (χ1) is 8.06. The van der Waals surface area contributed by atoms with E-state index in [4.69, 9.17) is 11.6 Å². The highest BCUT2D eigenvalue weighted by molar-refractivity contribution is 6.18. The van der Waals surface area contributed by atoms with Crippen LogP contribution in [0.5, 0.6) is 0 Å². The highest BCUT2D eigenvalue weighted by atomic mass is 35.5. The Balaban J connectivity index is 2.51. The minimum absolute atomic E-state index is 0.0769. The molecule has 2 unspecified atom stereocenters. The molecule has 90 valence electrons. The standard InChI is InChI=1S/C13H14ClNO2/c1-7-4-3-5-9(10(7)6-14)11-12(16)8(2)15-13(11)17/h3-5,8,11H,6H2,1-2H3,(H,15,17). The van der Waals surface area contributed by atoms with Crippen LogP contribution in [0.3, 0.4) is 0 Å². The third-order valence-corrected chi connectivity index (χ3v) is 3.49. The number of hydrogen-bond donors (Lipinski definition) is 1. The number of benzene rings is 1. The van der Waals surface area contributed by atoms with Gasteiger partial charge >= 0.3 is 0 Å². The number of alkyl halides is 1. The van der Waals surface area contributed by atoms with E-state index >= 15 is 0 Å². The maximum atomic E-state index is 12.0. The zero-order valence-electron chi connectivity index (χ0n) is 9.79. The van der Waals surface area contributed by atoms with Crippen molar-refractivity contribution < 1.29 is 9.59 Å². The molecule has 1 saturated heterocycles. The molecule has 0 saturated carbocycles. The van der Waals surface area contributed by atoms with E-state index in [-0.39, 0.29) is 11.7 Å². The molecule has 1 aromatic carbocycles. The number of aryl methyl sites for hydroxylation is 1. The normalized spacial score (nSPS) is 23.9. The first kappa shape index (κ1) is 12.1. The number of amides is 1. The molecule has 3 nitrogen and oxygen atoms in total. The highest BCUT2D eigenvalue weighted by Gasteiger charge is 2.40. The van der Waals surface area contributed by atoms with Gasteiger partial charge in [-0.3, -0.25) is 9.59 Å². The number of Topliss-reactive ketones (excluding diaryl/α,β-unsaturated/α-hetero) is 1. The van der Waals surface area contributed by atoms with E-state index in [1.807, 2.05) is 25.1 Å². The van der Waals surface area contributed by atoms with E-state index in [2.05, 4.69) is 5.32 Å². The number of ketones is 1. The monoisotopic (exact) mass is 251 g/mol. The second kappa shape index (κ2) is 4.49. The molecule has 0 radical (unpaired) electrons. The number of rotatable bonds is 2. The SMILES string of the molecule is Cc1cccc(C2C(=O)NC(C)C2=O)c1CCl. The summed E-state index contributed by atoms with van der Waals surface area (Å²) in [5, 5.41) is 2.65. The summed E-state index contributed by atoms with van der Waals surface area (Å²) in [6.07, 6.45) is 0. The van der Waals surface area contributed by atoms with Gasteiger partial charge in [0, 0.05) is 5.88 Å². The summed E-state index contributed by atoms with van der Waals surface area (Å²) in [5.41, 5.74) is 2.64. The van der Waals surface area contributed by atoms with E-state index in [0.29, 0.717) is 5.88 Å². The van der Waals surface area contributed by atoms with E-state index in [9.17, 15) is 9.59 Å². The molecule has 17 heavy (non-hydrogen) atoms. The molecule has 0 aliphatic carbocycles. The van der Waals surface area contributed by atoms with Crippen molar-refractivity contribution in [1.29, 1.82) is 0 Å². The van der Waals surface area contributed by atoms with Crippen LogP contribution in [0.1, 0.15) is 29.5 Å². The molecule has 1 fully saturated rings. The lowest BCUT2D eigenvalue weighted by atomic mass is 9.89. The van der Waals surface area contributed by atoms with Crippen molar-refractivity contribution in [2.24, 2.45) is 0 Å². The summed E-state index contributed by atoms with van der Waals surface area (Å²) < 4.78 is 0. The minimum atomic E-state index is -0.696. The van der Waals surface area contributed by atoms with Crippen molar-refractivity contribution in [3.63, 3.8) is 0 Å². The zero-order valence-corrected chi connectivity index (χ0v) is 10.5. The van der Waals surface area contributed by atoms with Gasteiger partial charge in [-0.25, -0.2) is 0 Å². The van der Waals surface area contributed by atoms with Crippen molar-refractivity contribution in [3.8, 4) is 0 Å². The van der Waals surface area contributed by atoms with Crippen molar-refractivity contribution in [1.82, 2.24) is 5.32 Å². The van der Waals surface area contributed by atoms with E-state index < -0.39 is 12.0 Å². The fourth-order valence-corrected chi connectivity index (χ4v) is 2.58. The Kier molecular flexibility index (Phi) is 3.20. The van der Waals surface area contributed by atoms with Crippen LogP contribution < -0.4 is 5.32 Å². The fourth-order valence-electron chi connectivity index (χ4n) is 2.22. The van der Waals surface area contributed by atoms with Crippen molar-refractivity contribution in [3.05, 3.63) is 34.9 Å². The molecular formula is C13H14ClNO2. The third-order valence-electron chi connectivity index (χ3n) is 3.22. The van der Waals surface area contributed by atoms with Crippen LogP contribution in [0, 0.1) is 6.92 Å². The Hall–Kier alpha value is -1.35. The molecule has 0 bridgehead atoms.